The van der Waals surface area contributed by atoms with E-state index in [9.17, 15) is 9.59 Å². The van der Waals surface area contributed by atoms with Gasteiger partial charge >= 0.3 is 0 Å². The fourth-order valence-corrected chi connectivity index (χ4v) is 2.04. The zero-order chi connectivity index (χ0) is 16.5. The molecule has 0 aliphatic carbocycles. The average molecular weight is 309 g/mol. The molecule has 0 atom stereocenters. The molecule has 0 spiro atoms. The van der Waals surface area contributed by atoms with Crippen molar-refractivity contribution in [1.82, 2.24) is 4.98 Å². The first-order valence-corrected chi connectivity index (χ1v) is 7.50. The minimum absolute atomic E-state index is 0.198. The van der Waals surface area contributed by atoms with Crippen molar-refractivity contribution in [2.24, 2.45) is 0 Å². The Balaban J connectivity index is 1.78. The number of aldehydes is 2. The van der Waals surface area contributed by atoms with Crippen molar-refractivity contribution in [3.8, 4) is 5.75 Å². The van der Waals surface area contributed by atoms with E-state index in [1.54, 1.807) is 0 Å². The van der Waals surface area contributed by atoms with Crippen LogP contribution >= 0.6 is 0 Å². The first-order valence-electron chi connectivity index (χ1n) is 7.50. The van der Waals surface area contributed by atoms with Gasteiger partial charge in [-0.3, -0.25) is 9.59 Å². The van der Waals surface area contributed by atoms with Gasteiger partial charge in [0.15, 0.2) is 12.6 Å². The second-order valence-electron chi connectivity index (χ2n) is 5.19. The Labute approximate surface area is 135 Å². The van der Waals surface area contributed by atoms with Crippen molar-refractivity contribution in [2.75, 3.05) is 6.61 Å². The van der Waals surface area contributed by atoms with Gasteiger partial charge in [-0.1, -0.05) is 42.0 Å². The minimum atomic E-state index is 0.198. The molecule has 2 rings (SSSR count). The van der Waals surface area contributed by atoms with Crippen LogP contribution in [0.2, 0.25) is 0 Å². The Kier molecular flexibility index (Phi) is 6.24. The second kappa shape index (κ2) is 8.63. The van der Waals surface area contributed by atoms with Gasteiger partial charge in [0.1, 0.15) is 17.1 Å². The molecule has 0 N–H and O–H groups in total. The highest BCUT2D eigenvalue weighted by Gasteiger charge is 2.02. The highest BCUT2D eigenvalue weighted by atomic mass is 16.5. The molecule has 0 radical (unpaired) electrons. The second-order valence-corrected chi connectivity index (χ2v) is 5.19. The van der Waals surface area contributed by atoms with Gasteiger partial charge in [-0.05, 0) is 25.3 Å². The van der Waals surface area contributed by atoms with Crippen LogP contribution in [0.1, 0.15) is 44.9 Å². The normalized spacial score (nSPS) is 10.7. The number of ether oxygens (including phenoxy) is 1. The first kappa shape index (κ1) is 16.6. The number of aryl methyl sites for hydroxylation is 1. The Hall–Kier alpha value is -2.75. The van der Waals surface area contributed by atoms with Crippen LogP contribution in [-0.4, -0.2) is 24.2 Å². The highest BCUT2D eigenvalue weighted by Crippen LogP contribution is 2.13. The maximum absolute atomic E-state index is 10.8. The third kappa shape index (κ3) is 5.51. The molecule has 0 unspecified atom stereocenters. The lowest BCUT2D eigenvalue weighted by atomic mass is 10.1. The van der Waals surface area contributed by atoms with Crippen LogP contribution < -0.4 is 4.74 Å². The maximum Gasteiger partial charge on any atom is 0.168 e. The SMILES string of the molecule is Cc1ccc(/C=C/CCCOc2cc(C=O)nc(C=O)c2)cc1. The van der Waals surface area contributed by atoms with Crippen LogP contribution in [0.4, 0.5) is 0 Å². The van der Waals surface area contributed by atoms with Crippen LogP contribution in [0.3, 0.4) is 0 Å². The molecular weight excluding hydrogens is 290 g/mol. The standard InChI is InChI=1S/C19H19NO3/c1-15-6-8-16(9-7-15)5-3-2-4-10-23-19-11-17(13-21)20-18(12-19)14-22/h3,5-9,11-14H,2,4,10H2,1H3/b5-3+. The fourth-order valence-electron chi connectivity index (χ4n) is 2.04. The lowest BCUT2D eigenvalue weighted by molar-refractivity contribution is 0.111. The Bertz CT molecular complexity index is 664. The number of carbonyl (C=O) groups excluding carboxylic acids is 2. The lowest BCUT2D eigenvalue weighted by Gasteiger charge is -2.06. The van der Waals surface area contributed by atoms with Gasteiger partial charge < -0.3 is 4.74 Å². The van der Waals surface area contributed by atoms with Crippen LogP contribution in [0, 0.1) is 6.92 Å². The fraction of sp³-hybridized carbons (Fsp3) is 0.211. The molecule has 0 saturated heterocycles. The van der Waals surface area contributed by atoms with E-state index in [-0.39, 0.29) is 11.4 Å². The lowest BCUT2D eigenvalue weighted by Crippen LogP contribution is -2.00. The molecule has 4 nitrogen and oxygen atoms in total. The summed E-state index contributed by atoms with van der Waals surface area (Å²) in [5.41, 5.74) is 2.82. The van der Waals surface area contributed by atoms with E-state index in [2.05, 4.69) is 48.3 Å². The predicted molar refractivity (Wildman–Crippen MR) is 90.0 cm³/mol. The minimum Gasteiger partial charge on any atom is -0.493 e. The van der Waals surface area contributed by atoms with Crippen molar-refractivity contribution in [3.63, 3.8) is 0 Å². The molecule has 0 saturated carbocycles. The van der Waals surface area contributed by atoms with E-state index in [0.29, 0.717) is 24.9 Å². The van der Waals surface area contributed by atoms with Gasteiger partial charge in [0, 0.05) is 12.1 Å². The average Bonchev–Trinajstić information content (AvgIpc) is 2.59. The molecular formula is C19H19NO3. The summed E-state index contributed by atoms with van der Waals surface area (Å²) >= 11 is 0. The number of carbonyl (C=O) groups is 2. The van der Waals surface area contributed by atoms with E-state index in [1.165, 1.54) is 23.3 Å². The molecule has 1 aromatic carbocycles. The Morgan fingerprint density at radius 3 is 2.30 bits per heavy atom. The number of allylic oxidation sites excluding steroid dienone is 1. The van der Waals surface area contributed by atoms with Crippen LogP contribution in [-0.2, 0) is 0 Å². The Morgan fingerprint density at radius 1 is 1.04 bits per heavy atom. The van der Waals surface area contributed by atoms with Crippen LogP contribution in [0.25, 0.3) is 6.08 Å². The van der Waals surface area contributed by atoms with Gasteiger partial charge in [-0.15, -0.1) is 0 Å². The molecule has 0 fully saturated rings. The van der Waals surface area contributed by atoms with Crippen molar-refractivity contribution >= 4 is 18.6 Å². The van der Waals surface area contributed by atoms with Crippen LogP contribution in [0.5, 0.6) is 5.75 Å². The smallest absolute Gasteiger partial charge is 0.168 e. The van der Waals surface area contributed by atoms with E-state index in [0.717, 1.165) is 12.8 Å². The van der Waals surface area contributed by atoms with Gasteiger partial charge in [0.25, 0.3) is 0 Å². The number of rotatable bonds is 8. The van der Waals surface area contributed by atoms with Gasteiger partial charge in [0.2, 0.25) is 0 Å². The summed E-state index contributed by atoms with van der Waals surface area (Å²) < 4.78 is 5.57. The summed E-state index contributed by atoms with van der Waals surface area (Å²) in [7, 11) is 0. The van der Waals surface area contributed by atoms with Crippen molar-refractivity contribution in [2.45, 2.75) is 19.8 Å². The number of hydrogen-bond acceptors (Lipinski definition) is 4. The van der Waals surface area contributed by atoms with E-state index >= 15 is 0 Å². The van der Waals surface area contributed by atoms with Crippen LogP contribution in [0.15, 0.2) is 42.5 Å². The van der Waals surface area contributed by atoms with E-state index < -0.39 is 0 Å². The molecule has 0 bridgehead atoms. The maximum atomic E-state index is 10.8. The molecule has 0 aliphatic rings. The summed E-state index contributed by atoms with van der Waals surface area (Å²) in [6.45, 7) is 2.58. The molecule has 2 aromatic rings. The molecule has 1 aromatic heterocycles. The Morgan fingerprint density at radius 2 is 1.70 bits per heavy atom. The number of hydrogen-bond donors (Lipinski definition) is 0. The summed E-state index contributed by atoms with van der Waals surface area (Å²) in [5.74, 6) is 0.492. The molecule has 0 amide bonds. The highest BCUT2D eigenvalue weighted by molar-refractivity contribution is 5.78. The largest absolute Gasteiger partial charge is 0.493 e. The number of aromatic nitrogens is 1. The van der Waals surface area contributed by atoms with Crippen molar-refractivity contribution in [3.05, 3.63) is 65.0 Å². The summed E-state index contributed by atoms with van der Waals surface area (Å²) in [6.07, 6.45) is 7.13. The number of unbranched alkanes of at least 4 members (excludes halogenated alkanes) is 1. The molecule has 1 heterocycles. The van der Waals surface area contributed by atoms with Gasteiger partial charge in [0.05, 0.1) is 6.61 Å². The zero-order valence-electron chi connectivity index (χ0n) is 13.1. The monoisotopic (exact) mass is 309 g/mol. The molecule has 23 heavy (non-hydrogen) atoms. The molecule has 0 aliphatic heterocycles. The summed E-state index contributed by atoms with van der Waals surface area (Å²) in [4.78, 5) is 25.3. The summed E-state index contributed by atoms with van der Waals surface area (Å²) in [6, 6.07) is 11.4. The topological polar surface area (TPSA) is 56.3 Å². The predicted octanol–water partition coefficient (Wildman–Crippen LogP) is 3.89. The van der Waals surface area contributed by atoms with E-state index in [4.69, 9.17) is 4.74 Å². The molecule has 118 valence electrons. The van der Waals surface area contributed by atoms with Gasteiger partial charge in [-0.2, -0.15) is 0 Å². The number of nitrogens with zero attached hydrogens (tertiary/aromatic N) is 1. The van der Waals surface area contributed by atoms with E-state index in [1.807, 2.05) is 0 Å². The third-order valence-electron chi connectivity index (χ3n) is 3.25. The quantitative estimate of drug-likeness (QED) is 0.548. The third-order valence-corrected chi connectivity index (χ3v) is 3.25. The summed E-state index contributed by atoms with van der Waals surface area (Å²) in [5, 5.41) is 0. The zero-order valence-corrected chi connectivity index (χ0v) is 13.1. The number of benzene rings is 1. The molecule has 4 heteroatoms. The first-order chi connectivity index (χ1) is 11.2. The van der Waals surface area contributed by atoms with Gasteiger partial charge in [-0.25, -0.2) is 4.98 Å². The number of pyridine rings is 1. The van der Waals surface area contributed by atoms with Crippen molar-refractivity contribution in [1.29, 1.82) is 0 Å². The van der Waals surface area contributed by atoms with Crippen molar-refractivity contribution < 1.29 is 14.3 Å².